The third kappa shape index (κ3) is 6.43. The summed E-state index contributed by atoms with van der Waals surface area (Å²) in [5, 5.41) is 11.3. The van der Waals surface area contributed by atoms with Crippen molar-refractivity contribution in [3.05, 3.63) is 102 Å². The maximum atomic E-state index is 12.9. The van der Waals surface area contributed by atoms with Gasteiger partial charge in [-0.05, 0) is 65.7 Å². The van der Waals surface area contributed by atoms with Crippen LogP contribution in [0.25, 0.3) is 6.08 Å². The number of hydrogen-bond acceptors (Lipinski definition) is 7. The minimum absolute atomic E-state index is 0.0195. The van der Waals surface area contributed by atoms with Gasteiger partial charge in [0.15, 0.2) is 11.5 Å². The standard InChI is InChI=1S/C26H20Cl2N2O6S/c1-2-35-23-12-17(6-10-22(23)36-15-18-5-9-20(27)21(28)11-18)13-24-25(31)29(26(32)37-24)14-16-3-7-19(8-4-16)30(33)34/h3-13H,2,14-15H2,1H3/b24-13-. The molecule has 3 aromatic rings. The van der Waals surface area contributed by atoms with Crippen molar-refractivity contribution in [2.75, 3.05) is 6.61 Å². The lowest BCUT2D eigenvalue weighted by atomic mass is 10.1. The number of nitro groups is 1. The fourth-order valence-electron chi connectivity index (χ4n) is 3.49. The van der Waals surface area contributed by atoms with Gasteiger partial charge in [-0.1, -0.05) is 47.5 Å². The first kappa shape index (κ1) is 26.5. The summed E-state index contributed by atoms with van der Waals surface area (Å²) in [5.74, 6) is 0.559. The number of benzene rings is 3. The molecule has 0 aliphatic carbocycles. The predicted molar refractivity (Wildman–Crippen MR) is 143 cm³/mol. The molecule has 4 rings (SSSR count). The smallest absolute Gasteiger partial charge is 0.293 e. The van der Waals surface area contributed by atoms with Gasteiger partial charge in [-0.15, -0.1) is 0 Å². The molecule has 1 aliphatic rings. The Morgan fingerprint density at radius 3 is 2.35 bits per heavy atom. The van der Waals surface area contributed by atoms with Gasteiger partial charge in [0.1, 0.15) is 6.61 Å². The van der Waals surface area contributed by atoms with Crippen molar-refractivity contribution in [2.24, 2.45) is 0 Å². The number of hydrogen-bond donors (Lipinski definition) is 0. The van der Waals surface area contributed by atoms with Crippen LogP contribution in [0.5, 0.6) is 11.5 Å². The van der Waals surface area contributed by atoms with Crippen molar-refractivity contribution in [3.63, 3.8) is 0 Å². The Morgan fingerprint density at radius 1 is 0.946 bits per heavy atom. The number of carbonyl (C=O) groups is 2. The predicted octanol–water partition coefficient (Wildman–Crippen LogP) is 7.12. The highest BCUT2D eigenvalue weighted by Crippen LogP contribution is 2.36. The van der Waals surface area contributed by atoms with Crippen molar-refractivity contribution in [1.82, 2.24) is 4.90 Å². The van der Waals surface area contributed by atoms with Crippen LogP contribution in [0.1, 0.15) is 23.6 Å². The molecule has 3 aromatic carbocycles. The van der Waals surface area contributed by atoms with Crippen LogP contribution in [0.4, 0.5) is 10.5 Å². The summed E-state index contributed by atoms with van der Waals surface area (Å²) in [7, 11) is 0. The van der Waals surface area contributed by atoms with Crippen molar-refractivity contribution in [1.29, 1.82) is 0 Å². The second-order valence-corrected chi connectivity index (χ2v) is 9.68. The Morgan fingerprint density at radius 2 is 1.68 bits per heavy atom. The van der Waals surface area contributed by atoms with Crippen LogP contribution in [0.2, 0.25) is 10.0 Å². The Balaban J connectivity index is 1.48. The quantitative estimate of drug-likeness (QED) is 0.156. The van der Waals surface area contributed by atoms with Gasteiger partial charge in [0.2, 0.25) is 0 Å². The molecule has 0 atom stereocenters. The molecule has 8 nitrogen and oxygen atoms in total. The lowest BCUT2D eigenvalue weighted by Crippen LogP contribution is -2.27. The average molecular weight is 559 g/mol. The Labute approximate surface area is 226 Å². The lowest BCUT2D eigenvalue weighted by Gasteiger charge is -2.13. The van der Waals surface area contributed by atoms with E-state index < -0.39 is 16.1 Å². The van der Waals surface area contributed by atoms with Crippen LogP contribution in [0.3, 0.4) is 0 Å². The molecule has 0 saturated carbocycles. The number of imide groups is 1. The molecule has 0 unspecified atom stereocenters. The van der Waals surface area contributed by atoms with Crippen molar-refractivity contribution >= 4 is 57.9 Å². The maximum Gasteiger partial charge on any atom is 0.293 e. The van der Waals surface area contributed by atoms with E-state index in [2.05, 4.69) is 0 Å². The van der Waals surface area contributed by atoms with Gasteiger partial charge in [0.05, 0.1) is 33.0 Å². The summed E-state index contributed by atoms with van der Waals surface area (Å²) < 4.78 is 11.6. The molecule has 0 N–H and O–H groups in total. The number of rotatable bonds is 9. The third-order valence-electron chi connectivity index (χ3n) is 5.31. The van der Waals surface area contributed by atoms with Gasteiger partial charge in [0.25, 0.3) is 16.8 Å². The molecule has 0 spiro atoms. The van der Waals surface area contributed by atoms with Gasteiger partial charge in [-0.25, -0.2) is 0 Å². The van der Waals surface area contributed by atoms with Crippen molar-refractivity contribution in [3.8, 4) is 11.5 Å². The number of nitro benzene ring substituents is 1. The number of nitrogens with zero attached hydrogens (tertiary/aromatic N) is 2. The first-order valence-electron chi connectivity index (χ1n) is 11.1. The van der Waals surface area contributed by atoms with Gasteiger partial charge in [-0.3, -0.25) is 24.6 Å². The molecular weight excluding hydrogens is 539 g/mol. The topological polar surface area (TPSA) is 99.0 Å². The molecule has 1 saturated heterocycles. The number of halogens is 2. The van der Waals surface area contributed by atoms with Crippen LogP contribution in [-0.2, 0) is 17.9 Å². The Bertz CT molecular complexity index is 1390. The molecule has 1 heterocycles. The minimum atomic E-state index is -0.507. The zero-order chi connectivity index (χ0) is 26.5. The number of amides is 2. The number of non-ortho nitro benzene ring substituents is 1. The second-order valence-electron chi connectivity index (χ2n) is 7.87. The maximum absolute atomic E-state index is 12.9. The summed E-state index contributed by atoms with van der Waals surface area (Å²) in [6.07, 6.45) is 1.62. The zero-order valence-electron chi connectivity index (χ0n) is 19.5. The fourth-order valence-corrected chi connectivity index (χ4v) is 4.64. The number of carbonyl (C=O) groups excluding carboxylic acids is 2. The molecular formula is C26H20Cl2N2O6S. The van der Waals surface area contributed by atoms with Crippen LogP contribution in [-0.4, -0.2) is 27.6 Å². The molecule has 0 aromatic heterocycles. The molecule has 1 aliphatic heterocycles. The molecule has 0 bridgehead atoms. The van der Waals surface area contributed by atoms with Crippen LogP contribution >= 0.6 is 35.0 Å². The van der Waals surface area contributed by atoms with Gasteiger partial charge in [-0.2, -0.15) is 0 Å². The molecule has 37 heavy (non-hydrogen) atoms. The first-order valence-corrected chi connectivity index (χ1v) is 12.6. The highest BCUT2D eigenvalue weighted by molar-refractivity contribution is 8.18. The first-order chi connectivity index (χ1) is 17.7. The van der Waals surface area contributed by atoms with E-state index in [4.69, 9.17) is 32.7 Å². The van der Waals surface area contributed by atoms with E-state index in [-0.39, 0.29) is 23.7 Å². The SMILES string of the molecule is CCOc1cc(/C=C2\SC(=O)N(Cc3ccc([N+](=O)[O-])cc3)C2=O)ccc1OCc1ccc(Cl)c(Cl)c1. The molecule has 2 amide bonds. The Kier molecular flexibility index (Phi) is 8.38. The summed E-state index contributed by atoms with van der Waals surface area (Å²) in [6.45, 7) is 2.51. The third-order valence-corrected chi connectivity index (χ3v) is 6.95. The monoisotopic (exact) mass is 558 g/mol. The summed E-state index contributed by atoms with van der Waals surface area (Å²) in [5.41, 5.74) is 2.04. The average Bonchev–Trinajstić information content (AvgIpc) is 3.13. The van der Waals surface area contributed by atoms with Crippen LogP contribution < -0.4 is 9.47 Å². The zero-order valence-corrected chi connectivity index (χ0v) is 21.8. The largest absolute Gasteiger partial charge is 0.490 e. The fraction of sp³-hybridized carbons (Fsp3) is 0.154. The van der Waals surface area contributed by atoms with E-state index >= 15 is 0 Å². The second kappa shape index (κ2) is 11.7. The van der Waals surface area contributed by atoms with Crippen LogP contribution in [0, 0.1) is 10.1 Å². The normalized spacial score (nSPS) is 14.4. The van der Waals surface area contributed by atoms with E-state index in [9.17, 15) is 19.7 Å². The highest BCUT2D eigenvalue weighted by atomic mass is 35.5. The highest BCUT2D eigenvalue weighted by Gasteiger charge is 2.35. The van der Waals surface area contributed by atoms with E-state index in [0.717, 1.165) is 22.2 Å². The molecule has 11 heteroatoms. The summed E-state index contributed by atoms with van der Waals surface area (Å²) in [4.78, 5) is 37.1. The summed E-state index contributed by atoms with van der Waals surface area (Å²) in [6, 6.07) is 16.2. The van der Waals surface area contributed by atoms with Gasteiger partial charge in [0, 0.05) is 12.1 Å². The molecule has 190 valence electrons. The van der Waals surface area contributed by atoms with Crippen molar-refractivity contribution < 1.29 is 24.0 Å². The van der Waals surface area contributed by atoms with Gasteiger partial charge >= 0.3 is 0 Å². The van der Waals surface area contributed by atoms with E-state index in [0.29, 0.717) is 39.3 Å². The van der Waals surface area contributed by atoms with Gasteiger partial charge < -0.3 is 9.47 Å². The minimum Gasteiger partial charge on any atom is -0.490 e. The van der Waals surface area contributed by atoms with Crippen molar-refractivity contribution in [2.45, 2.75) is 20.1 Å². The molecule has 0 radical (unpaired) electrons. The van der Waals surface area contributed by atoms with Crippen LogP contribution in [0.15, 0.2) is 65.6 Å². The number of ether oxygens (including phenoxy) is 2. The number of thioether (sulfide) groups is 1. The Hall–Kier alpha value is -3.53. The lowest BCUT2D eigenvalue weighted by molar-refractivity contribution is -0.384. The summed E-state index contributed by atoms with van der Waals surface area (Å²) >= 11 is 12.9. The van der Waals surface area contributed by atoms with E-state index in [1.54, 1.807) is 36.4 Å². The van der Waals surface area contributed by atoms with E-state index in [1.165, 1.54) is 24.3 Å². The van der Waals surface area contributed by atoms with E-state index in [1.807, 2.05) is 13.0 Å². The molecule has 1 fully saturated rings.